The number of hydrogen-bond donors (Lipinski definition) is 0. The van der Waals surface area contributed by atoms with Gasteiger partial charge in [-0.2, -0.15) is 0 Å². The topological polar surface area (TPSA) is 17.8 Å². The van der Waals surface area contributed by atoms with Crippen LogP contribution in [0.2, 0.25) is 5.28 Å². The normalized spacial score (nSPS) is 11.1. The first-order valence-corrected chi connectivity index (χ1v) is 6.07. The fourth-order valence-electron chi connectivity index (χ4n) is 2.02. The molecule has 0 saturated heterocycles. The Hall–Kier alpha value is -1.94. The zero-order chi connectivity index (χ0) is 13.4. The zero-order valence-corrected chi connectivity index (χ0v) is 10.5. The molecule has 0 unspecified atom stereocenters. The minimum atomic E-state index is -0.863. The molecule has 19 heavy (non-hydrogen) atoms. The summed E-state index contributed by atoms with van der Waals surface area (Å²) < 4.78 is 27.8. The molecule has 0 aliphatic heterocycles. The van der Waals surface area contributed by atoms with Gasteiger partial charge in [0, 0.05) is 0 Å². The molecule has 2 aromatic carbocycles. The molecular formula is C14H9ClF2N2. The number of rotatable bonds is 2. The monoisotopic (exact) mass is 278 g/mol. The van der Waals surface area contributed by atoms with Crippen molar-refractivity contribution in [1.82, 2.24) is 9.55 Å². The van der Waals surface area contributed by atoms with E-state index in [9.17, 15) is 8.78 Å². The Bertz CT molecular complexity index is 752. The molecule has 1 aromatic heterocycles. The average molecular weight is 279 g/mol. The van der Waals surface area contributed by atoms with E-state index in [1.807, 2.05) is 24.3 Å². The van der Waals surface area contributed by atoms with E-state index in [1.165, 1.54) is 12.1 Å². The summed E-state index contributed by atoms with van der Waals surface area (Å²) in [5.41, 5.74) is 2.26. The molecule has 2 nitrogen and oxygen atoms in total. The van der Waals surface area contributed by atoms with E-state index in [0.29, 0.717) is 17.4 Å². The Morgan fingerprint density at radius 3 is 2.63 bits per heavy atom. The highest BCUT2D eigenvalue weighted by molar-refractivity contribution is 6.29. The van der Waals surface area contributed by atoms with Crippen molar-refractivity contribution in [3.05, 3.63) is 64.9 Å². The highest BCUT2D eigenvalue weighted by atomic mass is 35.5. The van der Waals surface area contributed by atoms with Crippen molar-refractivity contribution in [1.29, 1.82) is 0 Å². The third-order valence-electron chi connectivity index (χ3n) is 2.93. The summed E-state index contributed by atoms with van der Waals surface area (Å²) in [7, 11) is 0. The molecule has 0 amide bonds. The molecule has 0 N–H and O–H groups in total. The molecule has 3 rings (SSSR count). The van der Waals surface area contributed by atoms with E-state index in [-0.39, 0.29) is 0 Å². The van der Waals surface area contributed by atoms with E-state index in [1.54, 1.807) is 4.57 Å². The van der Waals surface area contributed by atoms with E-state index in [2.05, 4.69) is 4.98 Å². The van der Waals surface area contributed by atoms with Crippen LogP contribution in [0.5, 0.6) is 0 Å². The number of hydrogen-bond acceptors (Lipinski definition) is 1. The lowest BCUT2D eigenvalue weighted by Crippen LogP contribution is -2.00. The Morgan fingerprint density at radius 2 is 1.84 bits per heavy atom. The zero-order valence-electron chi connectivity index (χ0n) is 9.78. The van der Waals surface area contributed by atoms with Crippen molar-refractivity contribution in [2.75, 3.05) is 0 Å². The largest absolute Gasteiger partial charge is 0.310 e. The minimum absolute atomic E-state index is 0.325. The Morgan fingerprint density at radius 1 is 1.05 bits per heavy atom. The summed E-state index contributed by atoms with van der Waals surface area (Å²) in [4.78, 5) is 4.21. The second-order valence-corrected chi connectivity index (χ2v) is 4.54. The van der Waals surface area contributed by atoms with Gasteiger partial charge >= 0.3 is 0 Å². The summed E-state index contributed by atoms with van der Waals surface area (Å²) >= 11 is 6.07. The van der Waals surface area contributed by atoms with Gasteiger partial charge in [-0.15, -0.1) is 0 Å². The number of benzene rings is 2. The molecule has 3 aromatic rings. The molecule has 5 heteroatoms. The lowest BCUT2D eigenvalue weighted by Gasteiger charge is -2.06. The summed E-state index contributed by atoms with van der Waals surface area (Å²) in [6.45, 7) is 0.344. The standard InChI is InChI=1S/C14H9ClF2N2/c15-14-18-12-3-1-2-4-13(12)19(14)8-9-5-6-10(16)11(17)7-9/h1-7H,8H2. The number of fused-ring (bicyclic) bond motifs is 1. The summed E-state index contributed by atoms with van der Waals surface area (Å²) in [6.07, 6.45) is 0. The molecule has 0 aliphatic carbocycles. The molecule has 0 aliphatic rings. The summed E-state index contributed by atoms with van der Waals surface area (Å²) in [6, 6.07) is 11.3. The summed E-state index contributed by atoms with van der Waals surface area (Å²) in [5, 5.41) is 0.325. The Kier molecular flexibility index (Phi) is 2.95. The molecule has 0 spiro atoms. The number of para-hydroxylation sites is 2. The third-order valence-corrected chi connectivity index (χ3v) is 3.22. The maximum Gasteiger partial charge on any atom is 0.204 e. The fourth-order valence-corrected chi connectivity index (χ4v) is 2.26. The third kappa shape index (κ3) is 2.19. The highest BCUT2D eigenvalue weighted by Gasteiger charge is 2.10. The quantitative estimate of drug-likeness (QED) is 0.692. The SMILES string of the molecule is Fc1ccc(Cn2c(Cl)nc3ccccc32)cc1F. The van der Waals surface area contributed by atoms with Crippen molar-refractivity contribution >= 4 is 22.6 Å². The Balaban J connectivity index is 2.05. The number of imidazole rings is 1. The van der Waals surface area contributed by atoms with Crippen LogP contribution < -0.4 is 0 Å². The van der Waals surface area contributed by atoms with Gasteiger partial charge in [0.1, 0.15) is 0 Å². The lowest BCUT2D eigenvalue weighted by molar-refractivity contribution is 0.506. The molecule has 0 radical (unpaired) electrons. The predicted molar refractivity (Wildman–Crippen MR) is 70.2 cm³/mol. The summed E-state index contributed by atoms with van der Waals surface area (Å²) in [5.74, 6) is -1.72. The van der Waals surface area contributed by atoms with Crippen molar-refractivity contribution in [2.45, 2.75) is 6.54 Å². The Labute approximate surface area is 113 Å². The van der Waals surface area contributed by atoms with Gasteiger partial charge in [0.25, 0.3) is 0 Å². The fraction of sp³-hybridized carbons (Fsp3) is 0.0714. The van der Waals surface area contributed by atoms with Gasteiger partial charge in [-0.25, -0.2) is 13.8 Å². The van der Waals surface area contributed by atoms with Crippen molar-refractivity contribution in [3.8, 4) is 0 Å². The van der Waals surface area contributed by atoms with E-state index in [4.69, 9.17) is 11.6 Å². The smallest absolute Gasteiger partial charge is 0.204 e. The van der Waals surface area contributed by atoms with Crippen molar-refractivity contribution in [3.63, 3.8) is 0 Å². The van der Waals surface area contributed by atoms with Crippen LogP contribution in [0.1, 0.15) is 5.56 Å². The molecule has 0 fully saturated rings. The molecule has 96 valence electrons. The molecular weight excluding hydrogens is 270 g/mol. The van der Waals surface area contributed by atoms with E-state index < -0.39 is 11.6 Å². The maximum absolute atomic E-state index is 13.2. The van der Waals surface area contributed by atoms with Crippen LogP contribution in [-0.2, 0) is 6.54 Å². The number of aromatic nitrogens is 2. The molecule has 0 saturated carbocycles. The first kappa shape index (κ1) is 12.1. The second kappa shape index (κ2) is 4.63. The minimum Gasteiger partial charge on any atom is -0.310 e. The van der Waals surface area contributed by atoms with E-state index >= 15 is 0 Å². The van der Waals surface area contributed by atoms with Crippen LogP contribution in [0.15, 0.2) is 42.5 Å². The highest BCUT2D eigenvalue weighted by Crippen LogP contribution is 2.21. The first-order valence-electron chi connectivity index (χ1n) is 5.70. The van der Waals surface area contributed by atoms with Crippen LogP contribution in [-0.4, -0.2) is 9.55 Å². The molecule has 1 heterocycles. The maximum atomic E-state index is 13.2. The van der Waals surface area contributed by atoms with Crippen LogP contribution >= 0.6 is 11.6 Å². The number of halogens is 3. The van der Waals surface area contributed by atoms with Crippen molar-refractivity contribution in [2.24, 2.45) is 0 Å². The van der Waals surface area contributed by atoms with Crippen LogP contribution in [0.4, 0.5) is 8.78 Å². The van der Waals surface area contributed by atoms with Gasteiger partial charge in [0.15, 0.2) is 11.6 Å². The van der Waals surface area contributed by atoms with Gasteiger partial charge < -0.3 is 4.57 Å². The molecule has 0 bridgehead atoms. The van der Waals surface area contributed by atoms with Crippen LogP contribution in [0.25, 0.3) is 11.0 Å². The predicted octanol–water partition coefficient (Wildman–Crippen LogP) is 4.02. The van der Waals surface area contributed by atoms with Gasteiger partial charge in [-0.3, -0.25) is 0 Å². The van der Waals surface area contributed by atoms with Crippen LogP contribution in [0, 0.1) is 11.6 Å². The van der Waals surface area contributed by atoms with Gasteiger partial charge in [0.2, 0.25) is 5.28 Å². The van der Waals surface area contributed by atoms with Crippen molar-refractivity contribution < 1.29 is 8.78 Å². The number of nitrogens with zero attached hydrogens (tertiary/aromatic N) is 2. The average Bonchev–Trinajstić information content (AvgIpc) is 2.71. The van der Waals surface area contributed by atoms with E-state index in [0.717, 1.165) is 17.1 Å². The molecule has 0 atom stereocenters. The lowest BCUT2D eigenvalue weighted by atomic mass is 10.2. The van der Waals surface area contributed by atoms with Gasteiger partial charge in [0.05, 0.1) is 17.6 Å². The van der Waals surface area contributed by atoms with Gasteiger partial charge in [-0.1, -0.05) is 18.2 Å². The van der Waals surface area contributed by atoms with Gasteiger partial charge in [-0.05, 0) is 41.4 Å². The van der Waals surface area contributed by atoms with Crippen LogP contribution in [0.3, 0.4) is 0 Å². The first-order chi connectivity index (χ1) is 9.15. The second-order valence-electron chi connectivity index (χ2n) is 4.20.